The van der Waals surface area contributed by atoms with E-state index in [1.807, 2.05) is 19.9 Å². The first kappa shape index (κ1) is 13.1. The minimum atomic E-state index is -0.900. The lowest BCUT2D eigenvalue weighted by Crippen LogP contribution is -2.03. The van der Waals surface area contributed by atoms with Crippen LogP contribution in [0.4, 0.5) is 0 Å². The van der Waals surface area contributed by atoms with Crippen molar-refractivity contribution in [3.8, 4) is 0 Å². The molecule has 0 fully saturated rings. The normalized spacial score (nSPS) is 12.4. The van der Waals surface area contributed by atoms with Gasteiger partial charge in [-0.2, -0.15) is 0 Å². The van der Waals surface area contributed by atoms with Crippen LogP contribution in [0.1, 0.15) is 22.8 Å². The van der Waals surface area contributed by atoms with Crippen LogP contribution in [-0.2, 0) is 0 Å². The molecule has 0 aliphatic rings. The zero-order valence-corrected chi connectivity index (χ0v) is 10.3. The molecule has 1 rings (SSSR count). The monoisotopic (exact) mass is 240 g/mol. The molecule has 2 N–H and O–H groups in total. The van der Waals surface area contributed by atoms with Crippen molar-refractivity contribution in [1.29, 1.82) is 0 Å². The van der Waals surface area contributed by atoms with Crippen molar-refractivity contribution >= 4 is 17.7 Å². The molecule has 88 valence electrons. The molecule has 0 spiro atoms. The number of carboxylic acids is 1. The van der Waals surface area contributed by atoms with Crippen molar-refractivity contribution < 1.29 is 15.0 Å². The molecular formula is C12H16O3S. The van der Waals surface area contributed by atoms with Crippen LogP contribution in [0.5, 0.6) is 0 Å². The summed E-state index contributed by atoms with van der Waals surface area (Å²) >= 11 is 1.65. The Morgan fingerprint density at radius 2 is 2.19 bits per heavy atom. The van der Waals surface area contributed by atoms with Crippen molar-refractivity contribution in [3.63, 3.8) is 0 Å². The molecule has 0 saturated carbocycles. The second kappa shape index (κ2) is 5.92. The Bertz CT molecular complexity index is 377. The zero-order valence-electron chi connectivity index (χ0n) is 9.43. The second-order valence-corrected chi connectivity index (χ2v) is 4.95. The van der Waals surface area contributed by atoms with E-state index in [4.69, 9.17) is 10.2 Å². The van der Waals surface area contributed by atoms with Gasteiger partial charge in [-0.3, -0.25) is 0 Å². The Kier molecular flexibility index (Phi) is 4.83. The third-order valence-corrected chi connectivity index (χ3v) is 3.76. The number of aliphatic hydroxyl groups excluding tert-OH is 1. The lowest BCUT2D eigenvalue weighted by atomic mass is 10.1. The van der Waals surface area contributed by atoms with Crippen LogP contribution in [0.25, 0.3) is 0 Å². The van der Waals surface area contributed by atoms with Gasteiger partial charge in [0.05, 0.1) is 5.56 Å². The molecule has 0 aromatic heterocycles. The molecule has 0 bridgehead atoms. The summed E-state index contributed by atoms with van der Waals surface area (Å²) in [6.45, 7) is 4.06. The van der Waals surface area contributed by atoms with E-state index in [9.17, 15) is 4.79 Å². The van der Waals surface area contributed by atoms with Crippen LogP contribution in [0.15, 0.2) is 23.1 Å². The lowest BCUT2D eigenvalue weighted by Gasteiger charge is -2.09. The highest BCUT2D eigenvalue weighted by Crippen LogP contribution is 2.25. The number of carbonyl (C=O) groups is 1. The summed E-state index contributed by atoms with van der Waals surface area (Å²) in [7, 11) is 0. The highest BCUT2D eigenvalue weighted by molar-refractivity contribution is 7.99. The molecule has 0 radical (unpaired) electrons. The zero-order chi connectivity index (χ0) is 12.1. The topological polar surface area (TPSA) is 57.5 Å². The molecular weight excluding hydrogens is 224 g/mol. The number of hydrogen-bond acceptors (Lipinski definition) is 3. The maximum Gasteiger partial charge on any atom is 0.335 e. The summed E-state index contributed by atoms with van der Waals surface area (Å²) in [5, 5.41) is 17.7. The summed E-state index contributed by atoms with van der Waals surface area (Å²) in [5.41, 5.74) is 1.28. The first-order valence-corrected chi connectivity index (χ1v) is 6.10. The molecule has 0 amide bonds. The number of carboxylic acid groups (broad SMARTS) is 1. The van der Waals surface area contributed by atoms with Crippen LogP contribution in [0.2, 0.25) is 0 Å². The number of benzene rings is 1. The largest absolute Gasteiger partial charge is 0.478 e. The van der Waals surface area contributed by atoms with Gasteiger partial charge in [-0.1, -0.05) is 6.92 Å². The van der Waals surface area contributed by atoms with Gasteiger partial charge in [-0.05, 0) is 36.6 Å². The smallest absolute Gasteiger partial charge is 0.335 e. The van der Waals surface area contributed by atoms with E-state index in [-0.39, 0.29) is 12.5 Å². The fraction of sp³-hybridized carbons (Fsp3) is 0.417. The summed E-state index contributed by atoms with van der Waals surface area (Å²) in [6, 6.07) is 5.11. The van der Waals surface area contributed by atoms with E-state index in [0.29, 0.717) is 5.56 Å². The van der Waals surface area contributed by atoms with Crippen molar-refractivity contribution in [1.82, 2.24) is 0 Å². The highest BCUT2D eigenvalue weighted by atomic mass is 32.2. The van der Waals surface area contributed by atoms with E-state index in [2.05, 4.69) is 0 Å². The SMILES string of the molecule is Cc1cc(C(=O)O)ccc1SCC(C)CO. The highest BCUT2D eigenvalue weighted by Gasteiger charge is 2.07. The lowest BCUT2D eigenvalue weighted by molar-refractivity contribution is 0.0696. The van der Waals surface area contributed by atoms with Crippen LogP contribution in [-0.4, -0.2) is 28.5 Å². The summed E-state index contributed by atoms with van der Waals surface area (Å²) < 4.78 is 0. The van der Waals surface area contributed by atoms with Gasteiger partial charge in [-0.15, -0.1) is 11.8 Å². The number of hydrogen-bond donors (Lipinski definition) is 2. The predicted molar refractivity (Wildman–Crippen MR) is 65.1 cm³/mol. The van der Waals surface area contributed by atoms with E-state index in [1.165, 1.54) is 0 Å². The molecule has 1 aromatic carbocycles. The molecule has 0 aliphatic carbocycles. The van der Waals surface area contributed by atoms with Gasteiger partial charge in [-0.25, -0.2) is 4.79 Å². The Hall–Kier alpha value is -1.000. The minimum Gasteiger partial charge on any atom is -0.478 e. The molecule has 3 nitrogen and oxygen atoms in total. The Morgan fingerprint density at radius 3 is 2.69 bits per heavy atom. The number of aryl methyl sites for hydroxylation is 1. The molecule has 1 atom stereocenters. The molecule has 16 heavy (non-hydrogen) atoms. The predicted octanol–water partition coefficient (Wildman–Crippen LogP) is 2.41. The van der Waals surface area contributed by atoms with Crippen LogP contribution in [0, 0.1) is 12.8 Å². The summed E-state index contributed by atoms with van der Waals surface area (Å²) in [6.07, 6.45) is 0. The Morgan fingerprint density at radius 1 is 1.50 bits per heavy atom. The van der Waals surface area contributed by atoms with Gasteiger partial charge in [0, 0.05) is 17.3 Å². The van der Waals surface area contributed by atoms with Gasteiger partial charge >= 0.3 is 5.97 Å². The Labute approximate surface area is 99.5 Å². The van der Waals surface area contributed by atoms with E-state index >= 15 is 0 Å². The second-order valence-electron chi connectivity index (χ2n) is 3.88. The van der Waals surface area contributed by atoms with Gasteiger partial charge in [0.25, 0.3) is 0 Å². The molecule has 0 saturated heterocycles. The standard InChI is InChI=1S/C12H16O3S/c1-8(6-13)7-16-11-4-3-10(12(14)15)5-9(11)2/h3-5,8,13H,6-7H2,1-2H3,(H,14,15). The maximum atomic E-state index is 10.7. The first-order valence-electron chi connectivity index (χ1n) is 5.12. The van der Waals surface area contributed by atoms with Gasteiger partial charge in [0.15, 0.2) is 0 Å². The van der Waals surface area contributed by atoms with Gasteiger partial charge < -0.3 is 10.2 Å². The quantitative estimate of drug-likeness (QED) is 0.776. The van der Waals surface area contributed by atoms with Crippen molar-refractivity contribution in [2.24, 2.45) is 5.92 Å². The fourth-order valence-corrected chi connectivity index (χ4v) is 2.25. The molecule has 1 aromatic rings. The Balaban J connectivity index is 2.72. The third-order valence-electron chi connectivity index (χ3n) is 2.26. The number of aliphatic hydroxyl groups is 1. The van der Waals surface area contributed by atoms with Gasteiger partial charge in [0.1, 0.15) is 0 Å². The number of thioether (sulfide) groups is 1. The summed E-state index contributed by atoms with van der Waals surface area (Å²) in [5.74, 6) is 0.191. The maximum absolute atomic E-state index is 10.7. The molecule has 0 heterocycles. The first-order chi connectivity index (χ1) is 7.54. The fourth-order valence-electron chi connectivity index (χ4n) is 1.23. The van der Waals surface area contributed by atoms with Crippen molar-refractivity contribution in [2.45, 2.75) is 18.7 Å². The average Bonchev–Trinajstić information content (AvgIpc) is 2.26. The summed E-state index contributed by atoms with van der Waals surface area (Å²) in [4.78, 5) is 11.8. The average molecular weight is 240 g/mol. The van der Waals surface area contributed by atoms with Crippen molar-refractivity contribution in [3.05, 3.63) is 29.3 Å². The van der Waals surface area contributed by atoms with E-state index < -0.39 is 5.97 Å². The van der Waals surface area contributed by atoms with Crippen LogP contribution < -0.4 is 0 Å². The van der Waals surface area contributed by atoms with E-state index in [1.54, 1.807) is 23.9 Å². The molecule has 1 unspecified atom stereocenters. The van der Waals surface area contributed by atoms with Gasteiger partial charge in [0.2, 0.25) is 0 Å². The molecule has 0 aliphatic heterocycles. The molecule has 4 heteroatoms. The van der Waals surface area contributed by atoms with Crippen LogP contribution in [0.3, 0.4) is 0 Å². The van der Waals surface area contributed by atoms with Crippen LogP contribution >= 0.6 is 11.8 Å². The number of aromatic carboxylic acids is 1. The van der Waals surface area contributed by atoms with Crippen molar-refractivity contribution in [2.75, 3.05) is 12.4 Å². The van der Waals surface area contributed by atoms with E-state index in [0.717, 1.165) is 16.2 Å². The minimum absolute atomic E-state index is 0.180. The third kappa shape index (κ3) is 3.54. The number of rotatable bonds is 5.